The zero-order valence-corrected chi connectivity index (χ0v) is 23.7. The number of hydrogen-bond acceptors (Lipinski definition) is 5. The Morgan fingerprint density at radius 1 is 0.950 bits per heavy atom. The van der Waals surface area contributed by atoms with E-state index >= 15 is 0 Å². The average Bonchev–Trinajstić information content (AvgIpc) is 2.93. The fourth-order valence-corrected chi connectivity index (χ4v) is 5.83. The number of piperidine rings is 1. The second-order valence-corrected chi connectivity index (χ2v) is 11.9. The number of carbonyl (C=O) groups is 2. The molecule has 3 aromatic rings. The van der Waals surface area contributed by atoms with Crippen LogP contribution in [0.5, 0.6) is 0 Å². The Morgan fingerprint density at radius 3 is 2.42 bits per heavy atom. The minimum Gasteiger partial charge on any atom is -0.383 e. The van der Waals surface area contributed by atoms with Crippen molar-refractivity contribution < 1.29 is 14.3 Å². The van der Waals surface area contributed by atoms with Crippen LogP contribution in [-0.4, -0.2) is 49.7 Å². The Bertz CT molecular complexity index is 1450. The number of amides is 2. The first kappa shape index (κ1) is 27.6. The third-order valence-electron chi connectivity index (χ3n) is 7.93. The SMILES string of the molecule is COCCNC(=O)c1ccc(N2C[C@H]3C[C@@H](C2)c2cccc(=O)n2C3)c(NC(=O)c2ccc(C(C)(C)C)cc2)c1. The topological polar surface area (TPSA) is 92.7 Å². The number of anilines is 2. The number of rotatable bonds is 7. The molecule has 0 unspecified atom stereocenters. The average molecular weight is 543 g/mol. The zero-order chi connectivity index (χ0) is 28.4. The molecule has 0 spiro atoms. The van der Waals surface area contributed by atoms with Crippen molar-refractivity contribution in [1.82, 2.24) is 9.88 Å². The van der Waals surface area contributed by atoms with E-state index in [2.05, 4.69) is 36.3 Å². The summed E-state index contributed by atoms with van der Waals surface area (Å²) in [4.78, 5) is 41.0. The van der Waals surface area contributed by atoms with Gasteiger partial charge in [0.1, 0.15) is 0 Å². The number of carbonyl (C=O) groups excluding carboxylic acids is 2. The summed E-state index contributed by atoms with van der Waals surface area (Å²) >= 11 is 0. The lowest BCUT2D eigenvalue weighted by atomic mass is 9.83. The van der Waals surface area contributed by atoms with Gasteiger partial charge < -0.3 is 24.8 Å². The van der Waals surface area contributed by atoms with E-state index in [0.29, 0.717) is 42.4 Å². The van der Waals surface area contributed by atoms with E-state index in [1.807, 2.05) is 47.0 Å². The molecule has 8 heteroatoms. The summed E-state index contributed by atoms with van der Waals surface area (Å²) in [5, 5.41) is 5.96. The van der Waals surface area contributed by atoms with Gasteiger partial charge in [0, 0.05) is 62.1 Å². The fraction of sp³-hybridized carbons (Fsp3) is 0.406. The van der Waals surface area contributed by atoms with Crippen molar-refractivity contribution in [2.45, 2.75) is 45.1 Å². The van der Waals surface area contributed by atoms with Gasteiger partial charge in [-0.05, 0) is 59.7 Å². The summed E-state index contributed by atoms with van der Waals surface area (Å²) in [5.74, 6) is 0.0778. The summed E-state index contributed by atoms with van der Waals surface area (Å²) in [6, 6.07) is 18.6. The molecule has 1 aromatic heterocycles. The molecule has 8 nitrogen and oxygen atoms in total. The minimum absolute atomic E-state index is 0.0111. The normalized spacial score (nSPS) is 18.1. The highest BCUT2D eigenvalue weighted by Gasteiger charge is 2.35. The predicted octanol–water partition coefficient (Wildman–Crippen LogP) is 4.40. The molecular formula is C32H38N4O4. The van der Waals surface area contributed by atoms with Crippen LogP contribution in [0.2, 0.25) is 0 Å². The Kier molecular flexibility index (Phi) is 7.81. The van der Waals surface area contributed by atoms with Gasteiger partial charge >= 0.3 is 0 Å². The summed E-state index contributed by atoms with van der Waals surface area (Å²) in [5.41, 5.74) is 4.73. The van der Waals surface area contributed by atoms with Crippen LogP contribution in [0.3, 0.4) is 0 Å². The van der Waals surface area contributed by atoms with Crippen LogP contribution in [0.25, 0.3) is 0 Å². The number of nitrogens with zero attached hydrogens (tertiary/aromatic N) is 2. The lowest BCUT2D eigenvalue weighted by Gasteiger charge is -2.44. The predicted molar refractivity (Wildman–Crippen MR) is 158 cm³/mol. The van der Waals surface area contributed by atoms with E-state index in [4.69, 9.17) is 4.74 Å². The van der Waals surface area contributed by atoms with Crippen molar-refractivity contribution in [3.63, 3.8) is 0 Å². The Hall–Kier alpha value is -3.91. The van der Waals surface area contributed by atoms with Crippen molar-refractivity contribution in [2.24, 2.45) is 5.92 Å². The molecule has 2 N–H and O–H groups in total. The van der Waals surface area contributed by atoms with Gasteiger partial charge in [0.25, 0.3) is 17.4 Å². The van der Waals surface area contributed by atoms with Crippen molar-refractivity contribution >= 4 is 23.2 Å². The van der Waals surface area contributed by atoms with Crippen molar-refractivity contribution in [3.05, 3.63) is 93.4 Å². The molecular weight excluding hydrogens is 504 g/mol. The van der Waals surface area contributed by atoms with Gasteiger partial charge in [-0.1, -0.05) is 39.0 Å². The van der Waals surface area contributed by atoms with Crippen molar-refractivity contribution in [1.29, 1.82) is 0 Å². The van der Waals surface area contributed by atoms with E-state index in [1.54, 1.807) is 25.3 Å². The van der Waals surface area contributed by atoms with Crippen LogP contribution in [0.15, 0.2) is 65.5 Å². The minimum atomic E-state index is -0.229. The molecule has 0 saturated carbocycles. The quantitative estimate of drug-likeness (QED) is 0.432. The third kappa shape index (κ3) is 5.82. The summed E-state index contributed by atoms with van der Waals surface area (Å²) in [6.45, 7) is 9.40. The van der Waals surface area contributed by atoms with Gasteiger partial charge in [0.2, 0.25) is 0 Å². The number of benzene rings is 2. The van der Waals surface area contributed by atoms with E-state index in [-0.39, 0.29) is 28.7 Å². The highest BCUT2D eigenvalue weighted by Crippen LogP contribution is 2.39. The molecule has 210 valence electrons. The monoisotopic (exact) mass is 542 g/mol. The van der Waals surface area contributed by atoms with Gasteiger partial charge in [-0.25, -0.2) is 0 Å². The highest BCUT2D eigenvalue weighted by molar-refractivity contribution is 6.07. The second kappa shape index (κ2) is 11.3. The van der Waals surface area contributed by atoms with E-state index < -0.39 is 0 Å². The zero-order valence-electron chi connectivity index (χ0n) is 23.7. The first-order valence-corrected chi connectivity index (χ1v) is 13.9. The molecule has 2 amide bonds. The van der Waals surface area contributed by atoms with Crippen LogP contribution < -0.4 is 21.1 Å². The molecule has 1 fully saturated rings. The molecule has 1 saturated heterocycles. The molecule has 0 aliphatic carbocycles. The Morgan fingerprint density at radius 2 is 1.70 bits per heavy atom. The maximum atomic E-state index is 13.4. The van der Waals surface area contributed by atoms with Crippen LogP contribution in [0.1, 0.15) is 65.1 Å². The number of fused-ring (bicyclic) bond motifs is 4. The maximum absolute atomic E-state index is 13.4. The van der Waals surface area contributed by atoms with Crippen LogP contribution in [-0.2, 0) is 16.7 Å². The molecule has 2 aliphatic rings. The molecule has 2 atom stereocenters. The number of pyridine rings is 1. The molecule has 5 rings (SSSR count). The smallest absolute Gasteiger partial charge is 0.255 e. The fourth-order valence-electron chi connectivity index (χ4n) is 5.83. The Labute approximate surface area is 235 Å². The molecule has 2 aliphatic heterocycles. The number of hydrogen-bond donors (Lipinski definition) is 2. The Balaban J connectivity index is 1.44. The maximum Gasteiger partial charge on any atom is 0.255 e. The van der Waals surface area contributed by atoms with Crippen molar-refractivity contribution in [3.8, 4) is 0 Å². The standard InChI is InChI=1S/C32H38N4O4/c1-32(2,3)25-11-8-22(9-12-25)31(39)34-26-17-23(30(38)33-14-15-40-4)10-13-28(26)35-18-21-16-24(20-35)27-6-5-7-29(37)36(27)19-21/h5-13,17,21,24H,14-16,18-20H2,1-4H3,(H,33,38)(H,34,39)/t21-,24+/m1/s1. The molecule has 2 bridgehead atoms. The largest absolute Gasteiger partial charge is 0.383 e. The van der Waals surface area contributed by atoms with Crippen LogP contribution in [0.4, 0.5) is 11.4 Å². The number of aromatic nitrogens is 1. The van der Waals surface area contributed by atoms with Gasteiger partial charge in [0.05, 0.1) is 18.0 Å². The summed E-state index contributed by atoms with van der Waals surface area (Å²) in [7, 11) is 1.59. The second-order valence-electron chi connectivity index (χ2n) is 11.9. The van der Waals surface area contributed by atoms with Crippen LogP contribution >= 0.6 is 0 Å². The van der Waals surface area contributed by atoms with E-state index in [0.717, 1.165) is 36.5 Å². The molecule has 0 radical (unpaired) electrons. The highest BCUT2D eigenvalue weighted by atomic mass is 16.5. The first-order chi connectivity index (χ1) is 19.1. The van der Waals surface area contributed by atoms with E-state index in [9.17, 15) is 14.4 Å². The van der Waals surface area contributed by atoms with E-state index in [1.165, 1.54) is 0 Å². The summed E-state index contributed by atoms with van der Waals surface area (Å²) < 4.78 is 6.96. The molecule has 3 heterocycles. The number of ether oxygens (including phenoxy) is 1. The van der Waals surface area contributed by atoms with Gasteiger partial charge in [-0.3, -0.25) is 14.4 Å². The number of nitrogens with one attached hydrogen (secondary N) is 2. The van der Waals surface area contributed by atoms with Gasteiger partial charge in [0.15, 0.2) is 0 Å². The van der Waals surface area contributed by atoms with Gasteiger partial charge in [-0.15, -0.1) is 0 Å². The van der Waals surface area contributed by atoms with Crippen LogP contribution in [0, 0.1) is 5.92 Å². The third-order valence-corrected chi connectivity index (χ3v) is 7.93. The molecule has 40 heavy (non-hydrogen) atoms. The van der Waals surface area contributed by atoms with Crippen molar-refractivity contribution in [2.75, 3.05) is 43.6 Å². The number of methoxy groups -OCH3 is 1. The van der Waals surface area contributed by atoms with Gasteiger partial charge in [-0.2, -0.15) is 0 Å². The molecule has 2 aromatic carbocycles. The lowest BCUT2D eigenvalue weighted by Crippen LogP contribution is -2.47. The first-order valence-electron chi connectivity index (χ1n) is 13.9. The lowest BCUT2D eigenvalue weighted by molar-refractivity contribution is 0.0936. The summed E-state index contributed by atoms with van der Waals surface area (Å²) in [6.07, 6.45) is 1.03.